The minimum absolute atomic E-state index is 0.100. The molecule has 0 amide bonds. The molecule has 1 fully saturated rings. The predicted octanol–water partition coefficient (Wildman–Crippen LogP) is 2.40. The highest BCUT2D eigenvalue weighted by Gasteiger charge is 2.31. The summed E-state index contributed by atoms with van der Waals surface area (Å²) in [6, 6.07) is 9.62. The fourth-order valence-corrected chi connectivity index (χ4v) is 5.36. The SMILES string of the molecule is CCCc1cc(=O)[nH]c(-c2ccc(CN(CC)C3CCS(=O)(=O)C3)cc2)n1. The second-order valence-corrected chi connectivity index (χ2v) is 9.38. The molecule has 27 heavy (non-hydrogen) atoms. The Labute approximate surface area is 160 Å². The maximum atomic E-state index is 11.9. The molecule has 7 heteroatoms. The van der Waals surface area contributed by atoms with E-state index < -0.39 is 9.84 Å². The van der Waals surface area contributed by atoms with Crippen LogP contribution in [0, 0.1) is 0 Å². The molecule has 2 heterocycles. The molecule has 1 atom stereocenters. The summed E-state index contributed by atoms with van der Waals surface area (Å²) in [6.07, 6.45) is 2.44. The van der Waals surface area contributed by atoms with Gasteiger partial charge in [0, 0.05) is 29.9 Å². The Morgan fingerprint density at radius 1 is 1.22 bits per heavy atom. The van der Waals surface area contributed by atoms with E-state index in [4.69, 9.17) is 0 Å². The van der Waals surface area contributed by atoms with Crippen LogP contribution in [-0.4, -0.2) is 47.4 Å². The highest BCUT2D eigenvalue weighted by Crippen LogP contribution is 2.21. The van der Waals surface area contributed by atoms with Crippen LogP contribution in [0.4, 0.5) is 0 Å². The second kappa shape index (κ2) is 8.35. The van der Waals surface area contributed by atoms with Gasteiger partial charge in [-0.2, -0.15) is 0 Å². The Morgan fingerprint density at radius 2 is 1.96 bits per heavy atom. The molecule has 1 unspecified atom stereocenters. The fourth-order valence-electron chi connectivity index (χ4n) is 3.59. The number of benzene rings is 1. The van der Waals surface area contributed by atoms with E-state index in [0.717, 1.165) is 42.8 Å². The van der Waals surface area contributed by atoms with Gasteiger partial charge in [0.05, 0.1) is 11.5 Å². The highest BCUT2D eigenvalue weighted by atomic mass is 32.2. The van der Waals surface area contributed by atoms with Crippen LogP contribution < -0.4 is 5.56 Å². The van der Waals surface area contributed by atoms with E-state index in [0.29, 0.717) is 18.0 Å². The zero-order valence-electron chi connectivity index (χ0n) is 15.9. The van der Waals surface area contributed by atoms with Gasteiger partial charge in [-0.25, -0.2) is 13.4 Å². The summed E-state index contributed by atoms with van der Waals surface area (Å²) >= 11 is 0. The van der Waals surface area contributed by atoms with Gasteiger partial charge in [0.25, 0.3) is 5.56 Å². The molecule has 6 nitrogen and oxygen atoms in total. The van der Waals surface area contributed by atoms with Gasteiger partial charge < -0.3 is 4.98 Å². The molecule has 0 aliphatic carbocycles. The number of hydrogen-bond acceptors (Lipinski definition) is 5. The molecular formula is C20H27N3O3S. The third-order valence-electron chi connectivity index (χ3n) is 5.04. The van der Waals surface area contributed by atoms with E-state index in [-0.39, 0.29) is 17.4 Å². The lowest BCUT2D eigenvalue weighted by molar-refractivity contribution is 0.215. The Hall–Kier alpha value is -1.99. The van der Waals surface area contributed by atoms with Crippen molar-refractivity contribution >= 4 is 9.84 Å². The number of H-pyrrole nitrogens is 1. The lowest BCUT2D eigenvalue weighted by atomic mass is 10.1. The topological polar surface area (TPSA) is 83.1 Å². The lowest BCUT2D eigenvalue weighted by Gasteiger charge is -2.26. The molecule has 1 saturated heterocycles. The molecule has 0 radical (unpaired) electrons. The van der Waals surface area contributed by atoms with Gasteiger partial charge in [0.1, 0.15) is 5.82 Å². The van der Waals surface area contributed by atoms with Gasteiger partial charge in [-0.15, -0.1) is 0 Å². The fraction of sp³-hybridized carbons (Fsp3) is 0.500. The summed E-state index contributed by atoms with van der Waals surface area (Å²) in [6.45, 7) is 5.66. The van der Waals surface area contributed by atoms with Crippen LogP contribution in [0.3, 0.4) is 0 Å². The molecule has 2 aromatic rings. The normalized spacial score (nSPS) is 18.9. The van der Waals surface area contributed by atoms with Crippen molar-refractivity contribution in [3.8, 4) is 11.4 Å². The number of sulfone groups is 1. The van der Waals surface area contributed by atoms with Gasteiger partial charge in [-0.1, -0.05) is 44.5 Å². The van der Waals surface area contributed by atoms with E-state index in [9.17, 15) is 13.2 Å². The first-order valence-electron chi connectivity index (χ1n) is 9.54. The highest BCUT2D eigenvalue weighted by molar-refractivity contribution is 7.91. The number of aryl methyl sites for hydroxylation is 1. The molecule has 1 aliphatic heterocycles. The van der Waals surface area contributed by atoms with E-state index in [1.807, 2.05) is 24.3 Å². The average Bonchev–Trinajstić information content (AvgIpc) is 2.99. The van der Waals surface area contributed by atoms with Crippen molar-refractivity contribution in [2.75, 3.05) is 18.1 Å². The number of rotatable bonds is 7. The van der Waals surface area contributed by atoms with Crippen LogP contribution in [0.1, 0.15) is 37.9 Å². The molecule has 3 rings (SSSR count). The van der Waals surface area contributed by atoms with E-state index >= 15 is 0 Å². The minimum atomic E-state index is -2.88. The Balaban J connectivity index is 1.74. The van der Waals surface area contributed by atoms with Gasteiger partial charge in [-0.3, -0.25) is 9.69 Å². The van der Waals surface area contributed by atoms with Gasteiger partial charge in [-0.05, 0) is 24.9 Å². The monoisotopic (exact) mass is 389 g/mol. The summed E-state index contributed by atoms with van der Waals surface area (Å²) in [5, 5.41) is 0. The molecule has 1 aliphatic rings. The van der Waals surface area contributed by atoms with Crippen molar-refractivity contribution in [3.63, 3.8) is 0 Å². The van der Waals surface area contributed by atoms with E-state index in [1.165, 1.54) is 0 Å². The molecule has 1 aromatic carbocycles. The summed E-state index contributed by atoms with van der Waals surface area (Å²) in [5.41, 5.74) is 2.67. The van der Waals surface area contributed by atoms with Crippen LogP contribution in [0.2, 0.25) is 0 Å². The quantitative estimate of drug-likeness (QED) is 0.786. The maximum Gasteiger partial charge on any atom is 0.251 e. The Bertz CT molecular complexity index is 936. The summed E-state index contributed by atoms with van der Waals surface area (Å²) in [7, 11) is -2.88. The Kier molecular flexibility index (Phi) is 6.11. The summed E-state index contributed by atoms with van der Waals surface area (Å²) in [4.78, 5) is 21.4. The zero-order chi connectivity index (χ0) is 19.4. The van der Waals surface area contributed by atoms with Crippen LogP contribution in [0.15, 0.2) is 35.1 Å². The third-order valence-corrected chi connectivity index (χ3v) is 6.80. The number of hydrogen-bond donors (Lipinski definition) is 1. The molecule has 1 aromatic heterocycles. The number of nitrogens with zero attached hydrogens (tertiary/aromatic N) is 2. The molecule has 0 saturated carbocycles. The molecular weight excluding hydrogens is 362 g/mol. The minimum Gasteiger partial charge on any atom is -0.307 e. The van der Waals surface area contributed by atoms with Crippen LogP contribution in [0.5, 0.6) is 0 Å². The van der Waals surface area contributed by atoms with Crippen LogP contribution >= 0.6 is 0 Å². The summed E-state index contributed by atoms with van der Waals surface area (Å²) in [5.74, 6) is 1.14. The molecule has 0 bridgehead atoms. The first-order valence-corrected chi connectivity index (χ1v) is 11.4. The van der Waals surface area contributed by atoms with Crippen molar-refractivity contribution in [1.82, 2.24) is 14.9 Å². The van der Waals surface area contributed by atoms with Crippen molar-refractivity contribution < 1.29 is 8.42 Å². The van der Waals surface area contributed by atoms with E-state index in [1.54, 1.807) is 6.07 Å². The smallest absolute Gasteiger partial charge is 0.251 e. The standard InChI is InChI=1S/C20H27N3O3S/c1-3-5-17-12-19(24)22-20(21-17)16-8-6-15(7-9-16)13-23(4-2)18-10-11-27(25,26)14-18/h6-9,12,18H,3-5,10-11,13-14H2,1-2H3,(H,21,22,24). The van der Waals surface area contributed by atoms with Crippen molar-refractivity contribution in [1.29, 1.82) is 0 Å². The van der Waals surface area contributed by atoms with E-state index in [2.05, 4.69) is 28.7 Å². The largest absolute Gasteiger partial charge is 0.307 e. The second-order valence-electron chi connectivity index (χ2n) is 7.15. The molecule has 1 N–H and O–H groups in total. The van der Waals surface area contributed by atoms with Gasteiger partial charge in [0.15, 0.2) is 9.84 Å². The number of nitrogens with one attached hydrogen (secondary N) is 1. The molecule has 0 spiro atoms. The first-order chi connectivity index (χ1) is 12.9. The van der Waals surface area contributed by atoms with Crippen LogP contribution in [-0.2, 0) is 22.8 Å². The third kappa shape index (κ3) is 5.05. The van der Waals surface area contributed by atoms with Gasteiger partial charge in [0.2, 0.25) is 0 Å². The zero-order valence-corrected chi connectivity index (χ0v) is 16.8. The number of aromatic amines is 1. The summed E-state index contributed by atoms with van der Waals surface area (Å²) < 4.78 is 23.5. The lowest BCUT2D eigenvalue weighted by Crippen LogP contribution is -2.35. The van der Waals surface area contributed by atoms with Crippen molar-refractivity contribution in [3.05, 3.63) is 51.9 Å². The Morgan fingerprint density at radius 3 is 2.56 bits per heavy atom. The number of aromatic nitrogens is 2. The van der Waals surface area contributed by atoms with Crippen LogP contribution in [0.25, 0.3) is 11.4 Å². The predicted molar refractivity (Wildman–Crippen MR) is 107 cm³/mol. The van der Waals surface area contributed by atoms with Crippen molar-refractivity contribution in [2.45, 2.75) is 45.7 Å². The first kappa shape index (κ1) is 19.8. The van der Waals surface area contributed by atoms with Crippen molar-refractivity contribution in [2.24, 2.45) is 0 Å². The maximum absolute atomic E-state index is 11.9. The van der Waals surface area contributed by atoms with Gasteiger partial charge >= 0.3 is 0 Å². The average molecular weight is 390 g/mol. The molecule has 146 valence electrons.